The third-order valence-corrected chi connectivity index (χ3v) is 10.4. The summed E-state index contributed by atoms with van der Waals surface area (Å²) in [6, 6.07) is 0. The van der Waals surface area contributed by atoms with Crippen molar-refractivity contribution in [2.75, 3.05) is 0 Å². The molecule has 23 heavy (non-hydrogen) atoms. The first-order valence-corrected chi connectivity index (χ1v) is 9.72. The Morgan fingerprint density at radius 3 is 2.78 bits per heavy atom. The van der Waals surface area contributed by atoms with Gasteiger partial charge in [0.05, 0.1) is 11.5 Å². The van der Waals surface area contributed by atoms with Crippen molar-refractivity contribution < 1.29 is 13.9 Å². The van der Waals surface area contributed by atoms with Gasteiger partial charge < -0.3 is 9.53 Å². The van der Waals surface area contributed by atoms with Crippen LogP contribution in [0.2, 0.25) is 0 Å². The molecule has 0 aromatic rings. The van der Waals surface area contributed by atoms with Gasteiger partial charge in [-0.2, -0.15) is 0 Å². The van der Waals surface area contributed by atoms with E-state index >= 15 is 4.39 Å². The number of rotatable bonds is 1. The van der Waals surface area contributed by atoms with E-state index in [1.165, 1.54) is 12.7 Å². The smallest absolute Gasteiger partial charge is 0.144 e. The van der Waals surface area contributed by atoms with Crippen LogP contribution >= 0.6 is 0 Å². The summed E-state index contributed by atoms with van der Waals surface area (Å²) in [5.74, 6) is 4.21. The second kappa shape index (κ2) is 2.98. The highest BCUT2D eigenvalue weighted by Crippen LogP contribution is 2.90. The van der Waals surface area contributed by atoms with Crippen LogP contribution in [-0.4, -0.2) is 24.2 Å². The van der Waals surface area contributed by atoms with Crippen molar-refractivity contribution >= 4 is 6.29 Å². The van der Waals surface area contributed by atoms with E-state index in [4.69, 9.17) is 4.74 Å². The molecule has 0 unspecified atom stereocenters. The lowest BCUT2D eigenvalue weighted by atomic mass is 9.54. The Morgan fingerprint density at radius 1 is 1.04 bits per heavy atom. The van der Waals surface area contributed by atoms with Gasteiger partial charge in [0.2, 0.25) is 0 Å². The average Bonchev–Trinajstić information content (AvgIpc) is 3.25. The molecule has 8 fully saturated rings. The van der Waals surface area contributed by atoms with Crippen LogP contribution in [0.4, 0.5) is 4.39 Å². The van der Waals surface area contributed by atoms with Crippen molar-refractivity contribution in [1.29, 1.82) is 0 Å². The van der Waals surface area contributed by atoms with E-state index in [1.54, 1.807) is 0 Å². The predicted molar refractivity (Wildman–Crippen MR) is 78.9 cm³/mol. The first kappa shape index (κ1) is 11.8. The van der Waals surface area contributed by atoms with Crippen molar-refractivity contribution in [2.45, 2.75) is 37.1 Å². The molecule has 9 aliphatic rings. The molecule has 0 aromatic carbocycles. The largest absolute Gasteiger partial charge is 0.370 e. The molecule has 1 heterocycles. The fourth-order valence-electron chi connectivity index (χ4n) is 10.8. The minimum atomic E-state index is -1.19. The predicted octanol–water partition coefficient (Wildman–Crippen LogP) is 2.63. The molecule has 1 saturated heterocycles. The fourth-order valence-corrected chi connectivity index (χ4v) is 10.8. The Labute approximate surface area is 134 Å². The third-order valence-electron chi connectivity index (χ3n) is 10.4. The zero-order valence-electron chi connectivity index (χ0n) is 13.0. The Kier molecular flexibility index (Phi) is 1.53. The van der Waals surface area contributed by atoms with Crippen molar-refractivity contribution in [3.63, 3.8) is 0 Å². The number of carbonyl (C=O) groups excluding carboxylic acids is 1. The molecule has 8 aliphatic carbocycles. The summed E-state index contributed by atoms with van der Waals surface area (Å²) in [6.45, 7) is 0. The highest BCUT2D eigenvalue weighted by molar-refractivity contribution is 5.69. The number of carbonyl (C=O) groups is 1. The van der Waals surface area contributed by atoms with E-state index < -0.39 is 17.2 Å². The first-order chi connectivity index (χ1) is 11.2. The molecule has 0 radical (unpaired) electrons. The number of hydrogen-bond donors (Lipinski definition) is 0. The minimum Gasteiger partial charge on any atom is -0.370 e. The Hall–Kier alpha value is -0.700. The van der Waals surface area contributed by atoms with Crippen LogP contribution in [0.1, 0.15) is 19.3 Å². The van der Waals surface area contributed by atoms with E-state index in [0.29, 0.717) is 47.3 Å². The molecule has 14 atom stereocenters. The van der Waals surface area contributed by atoms with Crippen LogP contribution in [0, 0.1) is 64.6 Å². The lowest BCUT2D eigenvalue weighted by Crippen LogP contribution is -2.67. The van der Waals surface area contributed by atoms with Gasteiger partial charge >= 0.3 is 0 Å². The lowest BCUT2D eigenvalue weighted by Gasteiger charge is -2.57. The average molecular weight is 312 g/mol. The monoisotopic (exact) mass is 312 g/mol. The van der Waals surface area contributed by atoms with Gasteiger partial charge in [0, 0.05) is 11.8 Å². The standard InChI is InChI=1S/C20H21FO2/c21-20-16-8-3-1-2-7(8)14-12(16)13-15-9-4-5-10(11(9)17(13)20)23-18(20)19(14,15)6-22/h1-2,6-18H,3-5H2/t7-,8-,9+,10-,11+,12-,13+,14-,15+,16-,17+,18-,19-,20+/m0/s1. The third kappa shape index (κ3) is 0.773. The molecule has 120 valence electrons. The maximum atomic E-state index is 16.8. The summed E-state index contributed by atoms with van der Waals surface area (Å²) in [5, 5.41) is 0. The van der Waals surface area contributed by atoms with E-state index in [0.717, 1.165) is 12.8 Å². The maximum Gasteiger partial charge on any atom is 0.144 e. The summed E-state index contributed by atoms with van der Waals surface area (Å²) >= 11 is 0. The SMILES string of the molecule is O=C[C@]12[C@@H]3[C@@H]4CC[C@@H]5O[C@@H]1[C@]1(F)[C@@H]([C@@H]3[C@@H]3[C@@H]1[C@H]1CC=C[C@@H]1[C@@H]32)[C@H]45. The number of fused-ring (bicyclic) bond motifs is 1. The van der Waals surface area contributed by atoms with Gasteiger partial charge in [-0.1, -0.05) is 12.2 Å². The normalized spacial score (nSPS) is 79.2. The molecule has 9 bridgehead atoms. The number of ether oxygens (including phenoxy) is 1. The molecule has 1 aliphatic heterocycles. The van der Waals surface area contributed by atoms with Gasteiger partial charge in [0.25, 0.3) is 0 Å². The molecule has 9 rings (SSSR count). The van der Waals surface area contributed by atoms with Crippen molar-refractivity contribution in [3.05, 3.63) is 12.2 Å². The molecular formula is C20H21FO2. The quantitative estimate of drug-likeness (QED) is 0.549. The molecule has 0 spiro atoms. The Balaban J connectivity index is 1.51. The first-order valence-electron chi connectivity index (χ1n) is 9.72. The van der Waals surface area contributed by atoms with Crippen LogP contribution in [0.3, 0.4) is 0 Å². The molecular weight excluding hydrogens is 291 g/mol. The van der Waals surface area contributed by atoms with Crippen LogP contribution in [0.5, 0.6) is 0 Å². The number of hydrogen-bond acceptors (Lipinski definition) is 2. The Morgan fingerprint density at radius 2 is 1.91 bits per heavy atom. The summed E-state index contributed by atoms with van der Waals surface area (Å²) in [5.41, 5.74) is -1.67. The van der Waals surface area contributed by atoms with E-state index in [-0.39, 0.29) is 17.9 Å². The highest BCUT2D eigenvalue weighted by atomic mass is 19.1. The van der Waals surface area contributed by atoms with E-state index in [9.17, 15) is 4.79 Å². The van der Waals surface area contributed by atoms with Gasteiger partial charge in [-0.3, -0.25) is 0 Å². The van der Waals surface area contributed by atoms with Crippen LogP contribution in [-0.2, 0) is 9.53 Å². The molecule has 3 heteroatoms. The number of halogens is 1. The van der Waals surface area contributed by atoms with Crippen molar-refractivity contribution in [3.8, 4) is 0 Å². The molecule has 0 aromatic heterocycles. The van der Waals surface area contributed by atoms with Crippen LogP contribution in [0.15, 0.2) is 12.2 Å². The van der Waals surface area contributed by atoms with Gasteiger partial charge in [-0.05, 0) is 66.6 Å². The molecule has 0 N–H and O–H groups in total. The Bertz CT molecular complexity index is 714. The second-order valence-corrected chi connectivity index (χ2v) is 9.98. The fraction of sp³-hybridized carbons (Fsp3) is 0.850. The highest BCUT2D eigenvalue weighted by Gasteiger charge is 2.94. The summed E-state index contributed by atoms with van der Waals surface area (Å²) in [6.07, 6.45) is 9.03. The minimum absolute atomic E-state index is 0.188. The van der Waals surface area contributed by atoms with E-state index in [2.05, 4.69) is 12.2 Å². The second-order valence-electron chi connectivity index (χ2n) is 9.98. The van der Waals surface area contributed by atoms with Crippen molar-refractivity contribution in [2.24, 2.45) is 64.6 Å². The van der Waals surface area contributed by atoms with Crippen LogP contribution in [0.25, 0.3) is 0 Å². The van der Waals surface area contributed by atoms with Gasteiger partial charge in [0.15, 0.2) is 0 Å². The summed E-state index contributed by atoms with van der Waals surface area (Å²) < 4.78 is 23.3. The van der Waals surface area contributed by atoms with Gasteiger partial charge in [-0.15, -0.1) is 0 Å². The van der Waals surface area contributed by atoms with Crippen molar-refractivity contribution in [1.82, 2.24) is 0 Å². The number of aldehydes is 1. The maximum absolute atomic E-state index is 16.8. The summed E-state index contributed by atoms with van der Waals surface area (Å²) in [7, 11) is 0. The zero-order chi connectivity index (χ0) is 14.9. The van der Waals surface area contributed by atoms with Crippen LogP contribution < -0.4 is 0 Å². The molecule has 0 amide bonds. The number of allylic oxidation sites excluding steroid dienone is 2. The van der Waals surface area contributed by atoms with E-state index in [1.807, 2.05) is 0 Å². The van der Waals surface area contributed by atoms with Gasteiger partial charge in [-0.25, -0.2) is 4.39 Å². The van der Waals surface area contributed by atoms with Gasteiger partial charge in [0.1, 0.15) is 18.1 Å². The summed E-state index contributed by atoms with van der Waals surface area (Å²) in [4.78, 5) is 12.6. The topological polar surface area (TPSA) is 26.3 Å². The lowest BCUT2D eigenvalue weighted by molar-refractivity contribution is -0.251. The molecule has 7 saturated carbocycles. The zero-order valence-corrected chi connectivity index (χ0v) is 13.0. The molecule has 2 nitrogen and oxygen atoms in total. The number of alkyl halides is 1.